The van der Waals surface area contributed by atoms with E-state index in [2.05, 4.69) is 21.2 Å². The van der Waals surface area contributed by atoms with Gasteiger partial charge in [0.1, 0.15) is 17.5 Å². The standard InChI is InChI=1S/C13H6BrClF3NO/c14-7-4-11(18)12(5-10(7)17)19-13(20)6-1-2-9(16)8(15)3-6/h1-5H,(H,19,20). The fourth-order valence-corrected chi connectivity index (χ4v) is 1.95. The Hall–Kier alpha value is -1.53. The van der Waals surface area contributed by atoms with Gasteiger partial charge in [-0.15, -0.1) is 0 Å². The van der Waals surface area contributed by atoms with E-state index in [-0.39, 0.29) is 20.7 Å². The van der Waals surface area contributed by atoms with Gasteiger partial charge in [-0.2, -0.15) is 0 Å². The maximum absolute atomic E-state index is 13.6. The van der Waals surface area contributed by atoms with Crippen molar-refractivity contribution in [3.63, 3.8) is 0 Å². The predicted octanol–water partition coefficient (Wildman–Crippen LogP) is 4.77. The highest BCUT2D eigenvalue weighted by Gasteiger charge is 2.13. The number of hydrogen-bond donors (Lipinski definition) is 1. The Morgan fingerprint density at radius 3 is 2.40 bits per heavy atom. The van der Waals surface area contributed by atoms with E-state index in [0.717, 1.165) is 24.3 Å². The molecular weight excluding hydrogens is 359 g/mol. The maximum atomic E-state index is 13.6. The van der Waals surface area contributed by atoms with Crippen molar-refractivity contribution in [2.24, 2.45) is 0 Å². The topological polar surface area (TPSA) is 29.1 Å². The first-order valence-electron chi connectivity index (χ1n) is 5.29. The van der Waals surface area contributed by atoms with Gasteiger partial charge < -0.3 is 5.32 Å². The van der Waals surface area contributed by atoms with Gasteiger partial charge in [0, 0.05) is 11.6 Å². The van der Waals surface area contributed by atoms with Crippen LogP contribution in [-0.4, -0.2) is 5.91 Å². The molecule has 1 amide bonds. The summed E-state index contributed by atoms with van der Waals surface area (Å²) in [5.74, 6) is -2.93. The molecule has 0 unspecified atom stereocenters. The highest BCUT2D eigenvalue weighted by Crippen LogP contribution is 2.24. The first kappa shape index (κ1) is 14.9. The molecule has 7 heteroatoms. The minimum Gasteiger partial charge on any atom is -0.319 e. The monoisotopic (exact) mass is 363 g/mol. The molecule has 2 aromatic rings. The van der Waals surface area contributed by atoms with Crippen molar-refractivity contribution in [2.75, 3.05) is 5.32 Å². The van der Waals surface area contributed by atoms with Crippen LogP contribution in [0.4, 0.5) is 18.9 Å². The Kier molecular flexibility index (Phi) is 4.35. The first-order chi connectivity index (χ1) is 9.38. The van der Waals surface area contributed by atoms with Gasteiger partial charge in [0.2, 0.25) is 0 Å². The van der Waals surface area contributed by atoms with Gasteiger partial charge in [0.05, 0.1) is 15.2 Å². The fourth-order valence-electron chi connectivity index (χ4n) is 1.45. The molecular formula is C13H6BrClF3NO. The summed E-state index contributed by atoms with van der Waals surface area (Å²) in [5.41, 5.74) is -0.296. The molecule has 0 fully saturated rings. The van der Waals surface area contributed by atoms with Gasteiger partial charge in [-0.1, -0.05) is 11.6 Å². The number of nitrogens with one attached hydrogen (secondary N) is 1. The number of benzene rings is 2. The second-order valence-electron chi connectivity index (χ2n) is 3.83. The SMILES string of the molecule is O=C(Nc1cc(F)c(Br)cc1F)c1ccc(F)c(Cl)c1. The smallest absolute Gasteiger partial charge is 0.255 e. The number of amides is 1. The van der Waals surface area contributed by atoms with Crippen molar-refractivity contribution < 1.29 is 18.0 Å². The third-order valence-corrected chi connectivity index (χ3v) is 3.34. The largest absolute Gasteiger partial charge is 0.319 e. The summed E-state index contributed by atoms with van der Waals surface area (Å²) < 4.78 is 39.8. The molecule has 0 atom stereocenters. The van der Waals surface area contributed by atoms with E-state index in [1.54, 1.807) is 0 Å². The van der Waals surface area contributed by atoms with Crippen LogP contribution in [0.2, 0.25) is 5.02 Å². The van der Waals surface area contributed by atoms with Crippen LogP contribution in [0.5, 0.6) is 0 Å². The van der Waals surface area contributed by atoms with Crippen LogP contribution in [0.3, 0.4) is 0 Å². The van der Waals surface area contributed by atoms with E-state index >= 15 is 0 Å². The summed E-state index contributed by atoms with van der Waals surface area (Å²) in [4.78, 5) is 11.8. The average molecular weight is 365 g/mol. The second-order valence-corrected chi connectivity index (χ2v) is 5.09. The van der Waals surface area contributed by atoms with Gasteiger partial charge in [-0.3, -0.25) is 4.79 Å². The second kappa shape index (κ2) is 5.85. The Morgan fingerprint density at radius 2 is 1.75 bits per heavy atom. The molecule has 2 nitrogen and oxygen atoms in total. The molecule has 1 N–H and O–H groups in total. The lowest BCUT2D eigenvalue weighted by Gasteiger charge is -2.08. The number of carbonyl (C=O) groups excluding carboxylic acids is 1. The summed E-state index contributed by atoms with van der Waals surface area (Å²) in [6.07, 6.45) is 0. The van der Waals surface area contributed by atoms with Crippen LogP contribution >= 0.6 is 27.5 Å². The van der Waals surface area contributed by atoms with Gasteiger partial charge in [0.25, 0.3) is 5.91 Å². The van der Waals surface area contributed by atoms with Crippen LogP contribution in [-0.2, 0) is 0 Å². The lowest BCUT2D eigenvalue weighted by atomic mass is 10.2. The fraction of sp³-hybridized carbons (Fsp3) is 0. The van der Waals surface area contributed by atoms with E-state index in [4.69, 9.17) is 11.6 Å². The summed E-state index contributed by atoms with van der Waals surface area (Å²) >= 11 is 8.36. The first-order valence-corrected chi connectivity index (χ1v) is 6.46. The predicted molar refractivity (Wildman–Crippen MR) is 73.4 cm³/mol. The third kappa shape index (κ3) is 3.13. The Labute approximate surface area is 125 Å². The van der Waals surface area contributed by atoms with Crippen LogP contribution in [0.1, 0.15) is 10.4 Å². The number of rotatable bonds is 2. The summed E-state index contributed by atoms with van der Waals surface area (Å²) in [6.45, 7) is 0. The number of carbonyl (C=O) groups is 1. The van der Waals surface area contributed by atoms with Crippen molar-refractivity contribution in [1.82, 2.24) is 0 Å². The van der Waals surface area contributed by atoms with Gasteiger partial charge in [0.15, 0.2) is 0 Å². The molecule has 0 saturated carbocycles. The Bertz CT molecular complexity index is 694. The molecule has 2 rings (SSSR count). The Balaban J connectivity index is 2.27. The van der Waals surface area contributed by atoms with Crippen LogP contribution < -0.4 is 5.32 Å². The molecule has 2 aromatic carbocycles. The molecule has 0 aliphatic carbocycles. The molecule has 0 saturated heterocycles. The molecule has 20 heavy (non-hydrogen) atoms. The zero-order chi connectivity index (χ0) is 14.9. The normalized spacial score (nSPS) is 10.4. The summed E-state index contributed by atoms with van der Waals surface area (Å²) in [5, 5.41) is 1.95. The van der Waals surface area contributed by atoms with Crippen molar-refractivity contribution >= 4 is 39.1 Å². The third-order valence-electron chi connectivity index (χ3n) is 2.44. The molecule has 104 valence electrons. The van der Waals surface area contributed by atoms with Crippen molar-refractivity contribution in [1.29, 1.82) is 0 Å². The molecule has 0 radical (unpaired) electrons. The minimum absolute atomic E-state index is 0.0270. The number of anilines is 1. The van der Waals surface area contributed by atoms with Gasteiger partial charge in [-0.05, 0) is 40.2 Å². The molecule has 0 spiro atoms. The van der Waals surface area contributed by atoms with Crippen LogP contribution in [0, 0.1) is 17.5 Å². The summed E-state index contributed by atoms with van der Waals surface area (Å²) in [6, 6.07) is 5.02. The molecule has 0 bridgehead atoms. The van der Waals surface area contributed by atoms with E-state index in [9.17, 15) is 18.0 Å². The van der Waals surface area contributed by atoms with Crippen molar-refractivity contribution in [3.8, 4) is 0 Å². The van der Waals surface area contributed by atoms with Crippen LogP contribution in [0.15, 0.2) is 34.8 Å². The highest BCUT2D eigenvalue weighted by atomic mass is 79.9. The summed E-state index contributed by atoms with van der Waals surface area (Å²) in [7, 11) is 0. The van der Waals surface area contributed by atoms with Gasteiger partial charge in [-0.25, -0.2) is 13.2 Å². The zero-order valence-corrected chi connectivity index (χ0v) is 12.0. The highest BCUT2D eigenvalue weighted by molar-refractivity contribution is 9.10. The molecule has 0 aliphatic rings. The Morgan fingerprint density at radius 1 is 1.05 bits per heavy atom. The van der Waals surface area contributed by atoms with E-state index in [0.29, 0.717) is 0 Å². The lowest BCUT2D eigenvalue weighted by molar-refractivity contribution is 0.102. The van der Waals surface area contributed by atoms with E-state index in [1.165, 1.54) is 6.07 Å². The number of hydrogen-bond acceptors (Lipinski definition) is 1. The molecule has 0 heterocycles. The van der Waals surface area contributed by atoms with Crippen LogP contribution in [0.25, 0.3) is 0 Å². The zero-order valence-electron chi connectivity index (χ0n) is 9.68. The quantitative estimate of drug-likeness (QED) is 0.764. The van der Waals surface area contributed by atoms with Gasteiger partial charge >= 0.3 is 0 Å². The maximum Gasteiger partial charge on any atom is 0.255 e. The minimum atomic E-state index is -0.806. The molecule has 0 aromatic heterocycles. The molecule has 0 aliphatic heterocycles. The van der Waals surface area contributed by atoms with Crippen molar-refractivity contribution in [2.45, 2.75) is 0 Å². The van der Waals surface area contributed by atoms with Crippen molar-refractivity contribution in [3.05, 3.63) is 62.8 Å². The van der Waals surface area contributed by atoms with E-state index < -0.39 is 23.4 Å². The number of halogens is 5. The lowest BCUT2D eigenvalue weighted by Crippen LogP contribution is -2.13. The average Bonchev–Trinajstić information content (AvgIpc) is 2.39. The van der Waals surface area contributed by atoms with E-state index in [1.807, 2.05) is 0 Å².